The average molecular weight is 331 g/mol. The molecular formula is C15H21BrClN. The molecule has 100 valence electrons. The summed E-state index contributed by atoms with van der Waals surface area (Å²) in [6.07, 6.45) is 4.15. The van der Waals surface area contributed by atoms with Crippen LogP contribution >= 0.6 is 27.5 Å². The molecule has 0 spiro atoms. The molecule has 0 aromatic heterocycles. The van der Waals surface area contributed by atoms with Crippen molar-refractivity contribution >= 4 is 27.5 Å². The van der Waals surface area contributed by atoms with Crippen molar-refractivity contribution in [2.75, 3.05) is 6.54 Å². The van der Waals surface area contributed by atoms with Crippen LogP contribution in [0.3, 0.4) is 0 Å². The highest BCUT2D eigenvalue weighted by atomic mass is 79.9. The Morgan fingerprint density at radius 3 is 2.83 bits per heavy atom. The molecule has 0 bridgehead atoms. The Labute approximate surface area is 123 Å². The van der Waals surface area contributed by atoms with Gasteiger partial charge < -0.3 is 5.32 Å². The Balaban J connectivity index is 1.93. The van der Waals surface area contributed by atoms with Crippen LogP contribution in [0.4, 0.5) is 0 Å². The van der Waals surface area contributed by atoms with Crippen molar-refractivity contribution in [2.45, 2.75) is 39.2 Å². The summed E-state index contributed by atoms with van der Waals surface area (Å²) in [5.41, 5.74) is 1.19. The topological polar surface area (TPSA) is 12.0 Å². The summed E-state index contributed by atoms with van der Waals surface area (Å²) in [4.78, 5) is 0. The van der Waals surface area contributed by atoms with Gasteiger partial charge in [0.1, 0.15) is 0 Å². The fraction of sp³-hybridized carbons (Fsp3) is 0.600. The minimum absolute atomic E-state index is 0.318. The van der Waals surface area contributed by atoms with E-state index in [4.69, 9.17) is 11.6 Å². The molecule has 2 rings (SSSR count). The van der Waals surface area contributed by atoms with Crippen LogP contribution in [-0.4, -0.2) is 6.54 Å². The first-order valence-corrected chi connectivity index (χ1v) is 7.93. The Kier molecular flexibility index (Phi) is 5.11. The molecule has 0 aliphatic heterocycles. The Bertz CT molecular complexity index is 407. The fourth-order valence-electron chi connectivity index (χ4n) is 2.82. The van der Waals surface area contributed by atoms with Gasteiger partial charge in [0.2, 0.25) is 0 Å². The van der Waals surface area contributed by atoms with Crippen LogP contribution in [0.5, 0.6) is 0 Å². The third-order valence-electron chi connectivity index (χ3n) is 4.15. The van der Waals surface area contributed by atoms with Crippen LogP contribution in [0.1, 0.15) is 44.7 Å². The lowest BCUT2D eigenvalue weighted by Gasteiger charge is -2.21. The molecule has 1 aromatic rings. The van der Waals surface area contributed by atoms with E-state index < -0.39 is 0 Å². The van der Waals surface area contributed by atoms with Crippen LogP contribution in [0.2, 0.25) is 5.02 Å². The van der Waals surface area contributed by atoms with Gasteiger partial charge in [-0.3, -0.25) is 0 Å². The van der Waals surface area contributed by atoms with Crippen molar-refractivity contribution in [3.8, 4) is 0 Å². The van der Waals surface area contributed by atoms with Gasteiger partial charge in [0.15, 0.2) is 0 Å². The number of rotatable bonds is 4. The van der Waals surface area contributed by atoms with Gasteiger partial charge >= 0.3 is 0 Å². The van der Waals surface area contributed by atoms with E-state index in [2.05, 4.69) is 47.2 Å². The molecule has 0 saturated heterocycles. The second kappa shape index (κ2) is 6.40. The maximum Gasteiger partial charge on any atom is 0.0464 e. The maximum absolute atomic E-state index is 6.28. The number of halogens is 2. The number of nitrogens with one attached hydrogen (secondary N) is 1. The van der Waals surface area contributed by atoms with Gasteiger partial charge in [0.05, 0.1) is 0 Å². The highest BCUT2D eigenvalue weighted by Gasteiger charge is 2.23. The quantitative estimate of drug-likeness (QED) is 0.801. The van der Waals surface area contributed by atoms with Gasteiger partial charge in [-0.15, -0.1) is 0 Å². The number of benzene rings is 1. The van der Waals surface area contributed by atoms with Gasteiger partial charge in [-0.2, -0.15) is 0 Å². The minimum Gasteiger partial charge on any atom is -0.310 e. The molecule has 3 unspecified atom stereocenters. The smallest absolute Gasteiger partial charge is 0.0464 e. The number of hydrogen-bond acceptors (Lipinski definition) is 1. The van der Waals surface area contributed by atoms with Gasteiger partial charge in [-0.25, -0.2) is 0 Å². The molecular weight excluding hydrogens is 310 g/mol. The third kappa shape index (κ3) is 3.49. The fourth-order valence-corrected chi connectivity index (χ4v) is 3.65. The number of hydrogen-bond donors (Lipinski definition) is 1. The molecule has 1 aromatic carbocycles. The first-order valence-electron chi connectivity index (χ1n) is 6.76. The molecule has 18 heavy (non-hydrogen) atoms. The van der Waals surface area contributed by atoms with Crippen LogP contribution < -0.4 is 5.32 Å². The predicted molar refractivity (Wildman–Crippen MR) is 82.1 cm³/mol. The van der Waals surface area contributed by atoms with Crippen molar-refractivity contribution in [3.63, 3.8) is 0 Å². The Hall–Kier alpha value is -0.0500. The molecule has 1 nitrogen and oxygen atoms in total. The lowest BCUT2D eigenvalue weighted by molar-refractivity contribution is 0.375. The molecule has 0 heterocycles. The van der Waals surface area contributed by atoms with Gasteiger partial charge in [0.25, 0.3) is 0 Å². The summed E-state index contributed by atoms with van der Waals surface area (Å²) in [5, 5.41) is 4.47. The zero-order chi connectivity index (χ0) is 13.1. The van der Waals surface area contributed by atoms with Crippen LogP contribution in [0.15, 0.2) is 22.7 Å². The van der Waals surface area contributed by atoms with E-state index in [0.717, 1.165) is 27.9 Å². The molecule has 1 fully saturated rings. The lowest BCUT2D eigenvalue weighted by Crippen LogP contribution is -2.27. The molecule has 0 amide bonds. The third-order valence-corrected chi connectivity index (χ3v) is 4.97. The zero-order valence-corrected chi connectivity index (χ0v) is 13.4. The zero-order valence-electron chi connectivity index (χ0n) is 11.0. The molecule has 0 radical (unpaired) electrons. The standard InChI is InChI=1S/C15H21BrClN/c1-10-4-3-5-12(10)9-18-11(2)14-7-6-13(16)8-15(14)17/h6-8,10-12,18H,3-5,9H2,1-2H3. The van der Waals surface area contributed by atoms with Crippen LogP contribution in [0.25, 0.3) is 0 Å². The van der Waals surface area contributed by atoms with Crippen molar-refractivity contribution in [2.24, 2.45) is 11.8 Å². The Morgan fingerprint density at radius 1 is 1.44 bits per heavy atom. The SMILES string of the molecule is CC(NCC1CCCC1C)c1ccc(Br)cc1Cl. The molecule has 3 atom stereocenters. The van der Waals surface area contributed by atoms with Crippen molar-refractivity contribution in [3.05, 3.63) is 33.3 Å². The summed E-state index contributed by atoms with van der Waals surface area (Å²) < 4.78 is 1.04. The molecule has 1 N–H and O–H groups in total. The monoisotopic (exact) mass is 329 g/mol. The first kappa shape index (κ1) is 14.4. The molecule has 3 heteroatoms. The van der Waals surface area contributed by atoms with Gasteiger partial charge in [-0.1, -0.05) is 53.4 Å². The minimum atomic E-state index is 0.318. The summed E-state index contributed by atoms with van der Waals surface area (Å²) in [6, 6.07) is 6.44. The first-order chi connectivity index (χ1) is 8.58. The van der Waals surface area contributed by atoms with E-state index in [1.54, 1.807) is 0 Å². The van der Waals surface area contributed by atoms with Gasteiger partial charge in [-0.05, 0) is 49.4 Å². The van der Waals surface area contributed by atoms with E-state index in [9.17, 15) is 0 Å². The molecule has 1 saturated carbocycles. The predicted octanol–water partition coefficient (Wildman–Crippen LogP) is 5.19. The highest BCUT2D eigenvalue weighted by molar-refractivity contribution is 9.10. The summed E-state index contributed by atoms with van der Waals surface area (Å²) in [5.74, 6) is 1.70. The van der Waals surface area contributed by atoms with E-state index in [1.165, 1.54) is 24.8 Å². The van der Waals surface area contributed by atoms with E-state index >= 15 is 0 Å². The summed E-state index contributed by atoms with van der Waals surface area (Å²) in [7, 11) is 0. The van der Waals surface area contributed by atoms with Crippen molar-refractivity contribution in [1.82, 2.24) is 5.32 Å². The second-order valence-corrected chi connectivity index (χ2v) is 6.79. The largest absolute Gasteiger partial charge is 0.310 e. The maximum atomic E-state index is 6.28. The summed E-state index contributed by atoms with van der Waals surface area (Å²) in [6.45, 7) is 5.67. The van der Waals surface area contributed by atoms with Crippen molar-refractivity contribution in [1.29, 1.82) is 0 Å². The van der Waals surface area contributed by atoms with Crippen LogP contribution in [-0.2, 0) is 0 Å². The average Bonchev–Trinajstić information content (AvgIpc) is 2.72. The lowest BCUT2D eigenvalue weighted by atomic mass is 9.97. The van der Waals surface area contributed by atoms with Crippen LogP contribution in [0, 0.1) is 11.8 Å². The highest BCUT2D eigenvalue weighted by Crippen LogP contribution is 2.31. The van der Waals surface area contributed by atoms with Crippen molar-refractivity contribution < 1.29 is 0 Å². The Morgan fingerprint density at radius 2 is 2.22 bits per heavy atom. The van der Waals surface area contributed by atoms with E-state index in [-0.39, 0.29) is 0 Å². The second-order valence-electron chi connectivity index (χ2n) is 5.46. The van der Waals surface area contributed by atoms with E-state index in [1.807, 2.05) is 6.07 Å². The molecule has 1 aliphatic rings. The normalized spacial score (nSPS) is 25.3. The van der Waals surface area contributed by atoms with E-state index in [0.29, 0.717) is 6.04 Å². The molecule has 1 aliphatic carbocycles. The summed E-state index contributed by atoms with van der Waals surface area (Å²) >= 11 is 9.72. The van der Waals surface area contributed by atoms with Gasteiger partial charge in [0, 0.05) is 15.5 Å².